The van der Waals surface area contributed by atoms with Crippen molar-refractivity contribution in [2.24, 2.45) is 0 Å². The van der Waals surface area contributed by atoms with E-state index in [1.54, 1.807) is 0 Å². The summed E-state index contributed by atoms with van der Waals surface area (Å²) < 4.78 is 30.9. The van der Waals surface area contributed by atoms with E-state index >= 15 is 0 Å². The molecule has 1 heterocycles. The molecule has 0 aliphatic carbocycles. The molecule has 5 heteroatoms. The van der Waals surface area contributed by atoms with E-state index in [-0.39, 0.29) is 5.82 Å². The van der Waals surface area contributed by atoms with Crippen LogP contribution in [0.1, 0.15) is 19.8 Å². The number of nitrogens with zero attached hydrogens (tertiary/aromatic N) is 1. The summed E-state index contributed by atoms with van der Waals surface area (Å²) in [6.07, 6.45) is 3.08. The van der Waals surface area contributed by atoms with E-state index in [0.29, 0.717) is 19.8 Å². The van der Waals surface area contributed by atoms with Crippen LogP contribution in [0.2, 0.25) is 0 Å². The molecule has 90 valence electrons. The molecule has 0 aliphatic heterocycles. The average molecular weight is 230 g/mol. The monoisotopic (exact) mass is 230 g/mol. The van der Waals surface area contributed by atoms with Crippen molar-refractivity contribution in [3.63, 3.8) is 0 Å². The SMILES string of the molecule is CCCCOCCNc1ncc(F)cc1F. The molecule has 0 amide bonds. The number of anilines is 1. The van der Waals surface area contributed by atoms with Gasteiger partial charge in [-0.25, -0.2) is 13.8 Å². The largest absolute Gasteiger partial charge is 0.380 e. The van der Waals surface area contributed by atoms with E-state index in [1.165, 1.54) is 0 Å². The third kappa shape index (κ3) is 4.53. The number of nitrogens with one attached hydrogen (secondary N) is 1. The second kappa shape index (κ2) is 7.11. The summed E-state index contributed by atoms with van der Waals surface area (Å²) in [7, 11) is 0. The van der Waals surface area contributed by atoms with Crippen LogP contribution in [0.5, 0.6) is 0 Å². The zero-order valence-corrected chi connectivity index (χ0v) is 9.30. The first-order valence-corrected chi connectivity index (χ1v) is 5.36. The molecule has 1 aromatic rings. The molecular weight excluding hydrogens is 214 g/mol. The Morgan fingerprint density at radius 2 is 2.19 bits per heavy atom. The molecule has 0 bridgehead atoms. The zero-order chi connectivity index (χ0) is 11.8. The molecule has 0 spiro atoms. The first kappa shape index (κ1) is 12.8. The molecule has 0 fully saturated rings. The Morgan fingerprint density at radius 1 is 1.38 bits per heavy atom. The van der Waals surface area contributed by atoms with Crippen LogP contribution in [0, 0.1) is 11.6 Å². The van der Waals surface area contributed by atoms with Crippen LogP contribution in [0.4, 0.5) is 14.6 Å². The van der Waals surface area contributed by atoms with Gasteiger partial charge in [-0.2, -0.15) is 0 Å². The quantitative estimate of drug-likeness (QED) is 0.731. The molecule has 1 N–H and O–H groups in total. The highest BCUT2D eigenvalue weighted by molar-refractivity contribution is 5.35. The van der Waals surface area contributed by atoms with Gasteiger partial charge in [0.25, 0.3) is 0 Å². The standard InChI is InChI=1S/C11H16F2N2O/c1-2-3-5-16-6-4-14-11-10(13)7-9(12)8-15-11/h7-8H,2-6H2,1H3,(H,14,15). The van der Waals surface area contributed by atoms with E-state index in [0.717, 1.165) is 25.1 Å². The maximum atomic E-state index is 13.1. The van der Waals surface area contributed by atoms with E-state index in [1.807, 2.05) is 0 Å². The maximum absolute atomic E-state index is 13.1. The Hall–Kier alpha value is -1.23. The van der Waals surface area contributed by atoms with Crippen LogP contribution >= 0.6 is 0 Å². The van der Waals surface area contributed by atoms with Gasteiger partial charge in [-0.15, -0.1) is 0 Å². The third-order valence-electron chi connectivity index (χ3n) is 1.99. The van der Waals surface area contributed by atoms with Gasteiger partial charge >= 0.3 is 0 Å². The van der Waals surface area contributed by atoms with Crippen LogP contribution in [0.25, 0.3) is 0 Å². The van der Waals surface area contributed by atoms with Gasteiger partial charge in [0, 0.05) is 19.2 Å². The Bertz CT molecular complexity index is 321. The van der Waals surface area contributed by atoms with Crippen molar-refractivity contribution in [1.82, 2.24) is 4.98 Å². The summed E-state index contributed by atoms with van der Waals surface area (Å²) in [5.41, 5.74) is 0. The molecule has 0 atom stereocenters. The lowest BCUT2D eigenvalue weighted by atomic mass is 10.4. The lowest BCUT2D eigenvalue weighted by Gasteiger charge is -2.06. The highest BCUT2D eigenvalue weighted by atomic mass is 19.1. The van der Waals surface area contributed by atoms with Crippen molar-refractivity contribution in [3.05, 3.63) is 23.9 Å². The van der Waals surface area contributed by atoms with Crippen molar-refractivity contribution in [2.75, 3.05) is 25.1 Å². The van der Waals surface area contributed by atoms with Crippen molar-refractivity contribution in [3.8, 4) is 0 Å². The molecule has 0 saturated carbocycles. The van der Waals surface area contributed by atoms with Crippen LogP contribution in [0.3, 0.4) is 0 Å². The van der Waals surface area contributed by atoms with Crippen LogP contribution < -0.4 is 5.32 Å². The van der Waals surface area contributed by atoms with Crippen LogP contribution in [0.15, 0.2) is 12.3 Å². The molecule has 0 radical (unpaired) electrons. The molecule has 16 heavy (non-hydrogen) atoms. The smallest absolute Gasteiger partial charge is 0.168 e. The van der Waals surface area contributed by atoms with Gasteiger partial charge in [-0.05, 0) is 6.42 Å². The molecule has 3 nitrogen and oxygen atoms in total. The minimum absolute atomic E-state index is 0.0560. The van der Waals surface area contributed by atoms with Crippen LogP contribution in [-0.2, 0) is 4.74 Å². The Kier molecular flexibility index (Phi) is 5.71. The lowest BCUT2D eigenvalue weighted by molar-refractivity contribution is 0.141. The first-order valence-electron chi connectivity index (χ1n) is 5.36. The van der Waals surface area contributed by atoms with Gasteiger partial charge in [-0.3, -0.25) is 0 Å². The molecule has 0 aliphatic rings. The minimum atomic E-state index is -0.687. The van der Waals surface area contributed by atoms with Gasteiger partial charge in [0.05, 0.1) is 12.8 Å². The fourth-order valence-corrected chi connectivity index (χ4v) is 1.13. The summed E-state index contributed by atoms with van der Waals surface area (Å²) in [6, 6.07) is 0.799. The molecule has 0 unspecified atom stereocenters. The Labute approximate surface area is 93.8 Å². The van der Waals surface area contributed by atoms with Gasteiger partial charge in [-0.1, -0.05) is 13.3 Å². The highest BCUT2D eigenvalue weighted by Crippen LogP contribution is 2.10. The van der Waals surface area contributed by atoms with Crippen molar-refractivity contribution >= 4 is 5.82 Å². The molecule has 0 saturated heterocycles. The predicted molar refractivity (Wildman–Crippen MR) is 58.4 cm³/mol. The number of hydrogen-bond donors (Lipinski definition) is 1. The second-order valence-corrected chi connectivity index (χ2v) is 3.38. The van der Waals surface area contributed by atoms with E-state index < -0.39 is 11.6 Å². The normalized spacial score (nSPS) is 10.4. The summed E-state index contributed by atoms with van der Waals surface area (Å²) in [4.78, 5) is 3.60. The number of ether oxygens (including phenoxy) is 1. The number of rotatable bonds is 7. The second-order valence-electron chi connectivity index (χ2n) is 3.38. The van der Waals surface area contributed by atoms with E-state index in [9.17, 15) is 8.78 Å². The van der Waals surface area contributed by atoms with Crippen molar-refractivity contribution in [1.29, 1.82) is 0 Å². The van der Waals surface area contributed by atoms with Gasteiger partial charge in [0.1, 0.15) is 5.82 Å². The molecular formula is C11H16F2N2O. The fraction of sp³-hybridized carbons (Fsp3) is 0.545. The summed E-state index contributed by atoms with van der Waals surface area (Å²) in [6.45, 7) is 3.73. The summed E-state index contributed by atoms with van der Waals surface area (Å²) >= 11 is 0. The Morgan fingerprint density at radius 3 is 2.88 bits per heavy atom. The minimum Gasteiger partial charge on any atom is -0.380 e. The zero-order valence-electron chi connectivity index (χ0n) is 9.30. The van der Waals surface area contributed by atoms with Gasteiger partial charge in [0.15, 0.2) is 11.6 Å². The number of halogens is 2. The molecule has 1 aromatic heterocycles. The average Bonchev–Trinajstić information content (AvgIpc) is 2.26. The Balaban J connectivity index is 2.21. The molecule has 0 aromatic carbocycles. The van der Waals surface area contributed by atoms with Gasteiger partial charge < -0.3 is 10.1 Å². The first-order chi connectivity index (χ1) is 7.74. The fourth-order valence-electron chi connectivity index (χ4n) is 1.13. The molecule has 1 rings (SSSR count). The van der Waals surface area contributed by atoms with E-state index in [2.05, 4.69) is 17.2 Å². The summed E-state index contributed by atoms with van der Waals surface area (Å²) in [5.74, 6) is -1.31. The van der Waals surface area contributed by atoms with Crippen molar-refractivity contribution < 1.29 is 13.5 Å². The highest BCUT2D eigenvalue weighted by Gasteiger charge is 2.03. The summed E-state index contributed by atoms with van der Waals surface area (Å²) in [5, 5.41) is 2.74. The van der Waals surface area contributed by atoms with E-state index in [4.69, 9.17) is 4.74 Å². The lowest BCUT2D eigenvalue weighted by Crippen LogP contribution is -2.12. The predicted octanol–water partition coefficient (Wildman–Crippen LogP) is 2.59. The maximum Gasteiger partial charge on any atom is 0.168 e. The topological polar surface area (TPSA) is 34.1 Å². The third-order valence-corrected chi connectivity index (χ3v) is 1.99. The van der Waals surface area contributed by atoms with Crippen molar-refractivity contribution in [2.45, 2.75) is 19.8 Å². The van der Waals surface area contributed by atoms with Crippen LogP contribution in [-0.4, -0.2) is 24.7 Å². The number of hydrogen-bond acceptors (Lipinski definition) is 3. The number of aromatic nitrogens is 1. The number of unbranched alkanes of at least 4 members (excludes halogenated alkanes) is 1. The van der Waals surface area contributed by atoms with Gasteiger partial charge in [0.2, 0.25) is 0 Å². The number of pyridine rings is 1.